The summed E-state index contributed by atoms with van der Waals surface area (Å²) in [4.78, 5) is 18.9. The number of aliphatic hydroxyl groups excluding tert-OH is 1. The van der Waals surface area contributed by atoms with Gasteiger partial charge in [0.1, 0.15) is 10.6 Å². The number of hydrogen-bond donors (Lipinski definition) is 1. The summed E-state index contributed by atoms with van der Waals surface area (Å²) in [7, 11) is -2.42. The SMILES string of the molecule is C[C@@H]1CN([C@H](C)CO)C(=O)CCCn2nncc2CO[C@@H]1CN(C)S(=O)(=O)c1ccc(Oc2ccccc2)nc1. The second kappa shape index (κ2) is 13.3. The van der Waals surface area contributed by atoms with Crippen molar-refractivity contribution in [2.75, 3.05) is 26.7 Å². The maximum atomic E-state index is 13.5. The van der Waals surface area contributed by atoms with Gasteiger partial charge in [0, 0.05) is 45.1 Å². The van der Waals surface area contributed by atoms with Gasteiger partial charge in [0.25, 0.3) is 0 Å². The molecule has 0 fully saturated rings. The van der Waals surface area contributed by atoms with E-state index in [1.807, 2.05) is 25.1 Å². The van der Waals surface area contributed by atoms with E-state index in [0.29, 0.717) is 31.7 Å². The van der Waals surface area contributed by atoms with E-state index in [1.54, 1.807) is 34.8 Å². The Labute approximate surface area is 234 Å². The molecule has 0 radical (unpaired) electrons. The highest BCUT2D eigenvalue weighted by atomic mass is 32.2. The van der Waals surface area contributed by atoms with Crippen LogP contribution in [-0.2, 0) is 32.7 Å². The molecule has 12 nitrogen and oxygen atoms in total. The molecule has 0 spiro atoms. The number of aliphatic hydroxyl groups is 1. The number of pyridine rings is 1. The standard InChI is InChI=1S/C27H36N6O6S/c1-20-16-32(21(2)18-34)27(35)10-7-13-33-22(14-29-30-33)19-38-25(20)17-31(3)40(36,37)24-11-12-26(28-15-24)39-23-8-5-4-6-9-23/h4-6,8-9,11-12,14-15,20-21,25,34H,7,10,13,16-19H2,1-3H3/t20-,21-,25-/m1/s1. The van der Waals surface area contributed by atoms with E-state index in [9.17, 15) is 18.3 Å². The van der Waals surface area contributed by atoms with Crippen LogP contribution in [0.3, 0.4) is 0 Å². The van der Waals surface area contributed by atoms with Gasteiger partial charge in [-0.2, -0.15) is 4.31 Å². The Hall–Kier alpha value is -3.39. The molecule has 3 atom stereocenters. The van der Waals surface area contributed by atoms with Crippen molar-refractivity contribution < 1.29 is 27.8 Å². The molecule has 1 N–H and O–H groups in total. The lowest BCUT2D eigenvalue weighted by Gasteiger charge is -2.35. The average molecular weight is 573 g/mol. The number of carbonyl (C=O) groups is 1. The number of fused-ring (bicyclic) bond motifs is 1. The number of likely N-dealkylation sites (N-methyl/N-ethyl adjacent to an activating group) is 1. The molecule has 40 heavy (non-hydrogen) atoms. The fourth-order valence-corrected chi connectivity index (χ4v) is 5.60. The molecule has 2 aromatic heterocycles. The van der Waals surface area contributed by atoms with Gasteiger partial charge in [-0.15, -0.1) is 5.10 Å². The third kappa shape index (κ3) is 7.22. The first-order valence-electron chi connectivity index (χ1n) is 13.2. The molecule has 1 aromatic carbocycles. The second-order valence-corrected chi connectivity index (χ2v) is 12.0. The number of aromatic nitrogens is 4. The van der Waals surface area contributed by atoms with Gasteiger partial charge in [-0.05, 0) is 31.5 Å². The average Bonchev–Trinajstić information content (AvgIpc) is 3.40. The van der Waals surface area contributed by atoms with Crippen LogP contribution in [0.4, 0.5) is 0 Å². The van der Waals surface area contributed by atoms with Crippen molar-refractivity contribution in [3.8, 4) is 11.6 Å². The number of benzene rings is 1. The predicted molar refractivity (Wildman–Crippen MR) is 146 cm³/mol. The van der Waals surface area contributed by atoms with E-state index in [2.05, 4.69) is 15.3 Å². The lowest BCUT2D eigenvalue weighted by Crippen LogP contribution is -2.47. The van der Waals surface area contributed by atoms with Crippen LogP contribution in [0.25, 0.3) is 0 Å². The zero-order valence-electron chi connectivity index (χ0n) is 23.0. The smallest absolute Gasteiger partial charge is 0.244 e. The molecule has 1 aliphatic heterocycles. The number of aryl methyl sites for hydroxylation is 1. The van der Waals surface area contributed by atoms with Gasteiger partial charge in [-0.3, -0.25) is 4.79 Å². The second-order valence-electron chi connectivity index (χ2n) is 9.99. The molecular weight excluding hydrogens is 536 g/mol. The number of nitrogens with zero attached hydrogens (tertiary/aromatic N) is 6. The Bertz CT molecular complexity index is 1350. The quantitative estimate of drug-likeness (QED) is 0.431. The van der Waals surface area contributed by atoms with Crippen LogP contribution in [-0.4, -0.2) is 87.5 Å². The number of sulfonamides is 1. The molecule has 0 bridgehead atoms. The fourth-order valence-electron chi connectivity index (χ4n) is 4.47. The minimum absolute atomic E-state index is 0.0178. The predicted octanol–water partition coefficient (Wildman–Crippen LogP) is 2.31. The zero-order valence-corrected chi connectivity index (χ0v) is 23.8. The Balaban J connectivity index is 1.52. The monoisotopic (exact) mass is 572 g/mol. The summed E-state index contributed by atoms with van der Waals surface area (Å²) in [5.41, 5.74) is 0.745. The Morgan fingerprint density at radius 1 is 1.20 bits per heavy atom. The number of ether oxygens (including phenoxy) is 2. The van der Waals surface area contributed by atoms with E-state index in [4.69, 9.17) is 9.47 Å². The maximum Gasteiger partial charge on any atom is 0.244 e. The summed E-state index contributed by atoms with van der Waals surface area (Å²) in [5.74, 6) is 0.534. The molecule has 0 unspecified atom stereocenters. The normalized spacial score (nSPS) is 19.9. The maximum absolute atomic E-state index is 13.5. The van der Waals surface area contributed by atoms with Crippen LogP contribution >= 0.6 is 0 Å². The zero-order chi connectivity index (χ0) is 28.7. The van der Waals surface area contributed by atoms with E-state index < -0.39 is 16.1 Å². The molecule has 216 valence electrons. The molecule has 1 amide bonds. The van der Waals surface area contributed by atoms with Crippen molar-refractivity contribution in [2.45, 2.75) is 56.9 Å². The first kappa shape index (κ1) is 29.6. The van der Waals surface area contributed by atoms with Crippen molar-refractivity contribution in [3.05, 3.63) is 60.6 Å². The van der Waals surface area contributed by atoms with E-state index in [0.717, 1.165) is 5.69 Å². The summed E-state index contributed by atoms with van der Waals surface area (Å²) in [5, 5.41) is 17.8. The Morgan fingerprint density at radius 3 is 2.67 bits per heavy atom. The van der Waals surface area contributed by atoms with Gasteiger partial charge in [0.15, 0.2) is 0 Å². The van der Waals surface area contributed by atoms with E-state index >= 15 is 0 Å². The van der Waals surface area contributed by atoms with Crippen LogP contribution in [0.2, 0.25) is 0 Å². The minimum atomic E-state index is -3.91. The van der Waals surface area contributed by atoms with Crippen molar-refractivity contribution >= 4 is 15.9 Å². The first-order valence-corrected chi connectivity index (χ1v) is 14.7. The molecule has 0 saturated heterocycles. The highest BCUT2D eigenvalue weighted by Gasteiger charge is 2.31. The minimum Gasteiger partial charge on any atom is -0.439 e. The van der Waals surface area contributed by atoms with Crippen LogP contribution in [0.5, 0.6) is 11.6 Å². The van der Waals surface area contributed by atoms with Gasteiger partial charge in [-0.25, -0.2) is 18.1 Å². The van der Waals surface area contributed by atoms with Crippen LogP contribution in [0, 0.1) is 5.92 Å². The molecule has 3 heterocycles. The van der Waals surface area contributed by atoms with Gasteiger partial charge < -0.3 is 19.5 Å². The molecule has 0 saturated carbocycles. The molecule has 3 aromatic rings. The van der Waals surface area contributed by atoms with Crippen molar-refractivity contribution in [2.24, 2.45) is 5.92 Å². The number of para-hydroxylation sites is 1. The van der Waals surface area contributed by atoms with Gasteiger partial charge in [0.05, 0.1) is 43.4 Å². The number of amides is 1. The third-order valence-electron chi connectivity index (χ3n) is 6.96. The first-order chi connectivity index (χ1) is 19.2. The molecule has 1 aliphatic rings. The number of carbonyl (C=O) groups excluding carboxylic acids is 1. The van der Waals surface area contributed by atoms with Gasteiger partial charge in [0.2, 0.25) is 21.8 Å². The third-order valence-corrected chi connectivity index (χ3v) is 8.77. The largest absolute Gasteiger partial charge is 0.439 e. The summed E-state index contributed by atoms with van der Waals surface area (Å²) in [6.07, 6.45) is 3.18. The highest BCUT2D eigenvalue weighted by molar-refractivity contribution is 7.89. The summed E-state index contributed by atoms with van der Waals surface area (Å²) in [6, 6.07) is 11.7. The highest BCUT2D eigenvalue weighted by Crippen LogP contribution is 2.23. The van der Waals surface area contributed by atoms with Crippen molar-refractivity contribution in [3.63, 3.8) is 0 Å². The molecular formula is C27H36N6O6S. The fraction of sp³-hybridized carbons (Fsp3) is 0.481. The van der Waals surface area contributed by atoms with Crippen molar-refractivity contribution in [1.82, 2.24) is 29.2 Å². The topological polar surface area (TPSA) is 140 Å². The number of rotatable bonds is 8. The molecule has 13 heteroatoms. The van der Waals surface area contributed by atoms with Crippen LogP contribution < -0.4 is 4.74 Å². The summed E-state index contributed by atoms with van der Waals surface area (Å²) >= 11 is 0. The van der Waals surface area contributed by atoms with Gasteiger partial charge >= 0.3 is 0 Å². The molecule has 0 aliphatic carbocycles. The summed E-state index contributed by atoms with van der Waals surface area (Å²) in [6.45, 7) is 4.55. The Kier molecular flexibility index (Phi) is 9.85. The van der Waals surface area contributed by atoms with E-state index in [1.165, 1.54) is 29.7 Å². The summed E-state index contributed by atoms with van der Waals surface area (Å²) < 4.78 is 41.8. The molecule has 4 rings (SSSR count). The Morgan fingerprint density at radius 2 is 1.98 bits per heavy atom. The van der Waals surface area contributed by atoms with Crippen molar-refractivity contribution in [1.29, 1.82) is 0 Å². The van der Waals surface area contributed by atoms with Gasteiger partial charge in [-0.1, -0.05) is 30.3 Å². The van der Waals surface area contributed by atoms with Crippen LogP contribution in [0.1, 0.15) is 32.4 Å². The van der Waals surface area contributed by atoms with Crippen LogP contribution in [0.15, 0.2) is 59.8 Å². The van der Waals surface area contributed by atoms with E-state index in [-0.39, 0.29) is 48.4 Å². The lowest BCUT2D eigenvalue weighted by atomic mass is 10.0. The number of hydrogen-bond acceptors (Lipinski definition) is 9. The lowest BCUT2D eigenvalue weighted by molar-refractivity contribution is -0.136.